The highest BCUT2D eigenvalue weighted by Crippen LogP contribution is 2.46. The predicted octanol–water partition coefficient (Wildman–Crippen LogP) is 4.04. The van der Waals surface area contributed by atoms with E-state index in [-0.39, 0.29) is 0 Å². The highest BCUT2D eigenvalue weighted by atomic mass is 31.1. The standard InChI is InChI=1S/C24H24N6P2/c1-5-13-25-21(9-1)29-17-31(23-11-3-7-15-27-23)19-30(22-10-2-6-14-26-22)20-32(18-29)24-12-4-8-16-28-24/h1-16H,17-20H2. The van der Waals surface area contributed by atoms with Crippen molar-refractivity contribution in [3.05, 3.63) is 97.6 Å². The minimum absolute atomic E-state index is 0.574. The molecule has 0 N–H and O–H groups in total. The first-order chi connectivity index (χ1) is 15.9. The van der Waals surface area contributed by atoms with Crippen LogP contribution >= 0.6 is 15.8 Å². The van der Waals surface area contributed by atoms with E-state index < -0.39 is 15.8 Å². The zero-order chi connectivity index (χ0) is 21.6. The summed E-state index contributed by atoms with van der Waals surface area (Å²) in [5.74, 6) is 2.04. The van der Waals surface area contributed by atoms with Gasteiger partial charge in [-0.25, -0.2) is 9.97 Å². The summed E-state index contributed by atoms with van der Waals surface area (Å²) in [7, 11) is -1.15. The third-order valence-corrected chi connectivity index (χ3v) is 9.82. The lowest BCUT2D eigenvalue weighted by Gasteiger charge is -2.39. The van der Waals surface area contributed by atoms with E-state index in [1.165, 1.54) is 0 Å². The van der Waals surface area contributed by atoms with Crippen molar-refractivity contribution < 1.29 is 0 Å². The molecule has 0 radical (unpaired) electrons. The number of nitrogens with zero attached hydrogens (tertiary/aromatic N) is 6. The van der Waals surface area contributed by atoms with Gasteiger partial charge in [0.25, 0.3) is 0 Å². The average Bonchev–Trinajstić information content (AvgIpc) is 2.86. The van der Waals surface area contributed by atoms with Gasteiger partial charge in [-0.2, -0.15) is 0 Å². The van der Waals surface area contributed by atoms with Crippen molar-refractivity contribution in [2.75, 3.05) is 34.9 Å². The summed E-state index contributed by atoms with van der Waals surface area (Å²) < 4.78 is 0. The first-order valence-corrected chi connectivity index (χ1v) is 13.9. The SMILES string of the molecule is c1ccc(N2CP(c3ccccn3)CN(c3ccccn3)CP(c3ccccn3)C2)nc1. The Hall–Kier alpha value is -2.94. The molecule has 32 heavy (non-hydrogen) atoms. The molecule has 0 spiro atoms. The molecule has 5 rings (SSSR count). The maximum atomic E-state index is 4.74. The minimum Gasteiger partial charge on any atom is -0.348 e. The van der Waals surface area contributed by atoms with Gasteiger partial charge in [0.1, 0.15) is 11.6 Å². The van der Waals surface area contributed by atoms with Crippen molar-refractivity contribution in [2.45, 2.75) is 0 Å². The van der Waals surface area contributed by atoms with Gasteiger partial charge < -0.3 is 9.80 Å². The molecule has 0 bridgehead atoms. The van der Waals surface area contributed by atoms with Crippen LogP contribution in [0.5, 0.6) is 0 Å². The molecule has 8 heteroatoms. The fourth-order valence-corrected chi connectivity index (χ4v) is 8.50. The van der Waals surface area contributed by atoms with Crippen molar-refractivity contribution in [1.29, 1.82) is 0 Å². The molecule has 0 amide bonds. The summed E-state index contributed by atoms with van der Waals surface area (Å²) in [6, 6.07) is 24.7. The molecule has 1 fully saturated rings. The van der Waals surface area contributed by atoms with Crippen LogP contribution in [0.2, 0.25) is 0 Å². The number of hydrogen-bond donors (Lipinski definition) is 0. The molecule has 1 saturated heterocycles. The second-order valence-electron chi connectivity index (χ2n) is 7.48. The molecule has 160 valence electrons. The van der Waals surface area contributed by atoms with Gasteiger partial charge in [-0.3, -0.25) is 9.97 Å². The monoisotopic (exact) mass is 458 g/mol. The molecule has 0 aliphatic carbocycles. The first kappa shape index (κ1) is 20.9. The second-order valence-corrected chi connectivity index (χ2v) is 11.7. The normalized spacial score (nSPS) is 19.2. The molecule has 0 aromatic carbocycles. The van der Waals surface area contributed by atoms with E-state index in [1.54, 1.807) is 0 Å². The van der Waals surface area contributed by atoms with E-state index in [9.17, 15) is 0 Å². The van der Waals surface area contributed by atoms with E-state index in [4.69, 9.17) is 9.97 Å². The van der Waals surface area contributed by atoms with E-state index >= 15 is 0 Å². The quantitative estimate of drug-likeness (QED) is 0.431. The van der Waals surface area contributed by atoms with Crippen LogP contribution in [0.1, 0.15) is 0 Å². The highest BCUT2D eigenvalue weighted by Gasteiger charge is 2.30. The first-order valence-electron chi connectivity index (χ1n) is 10.5. The van der Waals surface area contributed by atoms with E-state index in [0.29, 0.717) is 0 Å². The Kier molecular flexibility index (Phi) is 6.62. The zero-order valence-corrected chi connectivity index (χ0v) is 19.4. The molecular weight excluding hydrogens is 434 g/mol. The fraction of sp³-hybridized carbons (Fsp3) is 0.167. The molecule has 1 aliphatic rings. The van der Waals surface area contributed by atoms with Gasteiger partial charge in [-0.15, -0.1) is 0 Å². The Balaban J connectivity index is 1.55. The molecule has 4 aromatic rings. The van der Waals surface area contributed by atoms with Crippen LogP contribution in [-0.2, 0) is 0 Å². The molecule has 5 heterocycles. The number of pyridine rings is 4. The maximum Gasteiger partial charge on any atom is 0.129 e. The summed E-state index contributed by atoms with van der Waals surface area (Å²) in [6.45, 7) is 0. The molecule has 0 saturated carbocycles. The topological polar surface area (TPSA) is 58.0 Å². The van der Waals surface area contributed by atoms with E-state index in [1.807, 2.05) is 49.1 Å². The van der Waals surface area contributed by atoms with Crippen LogP contribution in [0.4, 0.5) is 11.6 Å². The summed E-state index contributed by atoms with van der Waals surface area (Å²) in [4.78, 5) is 23.7. The summed E-state index contributed by atoms with van der Waals surface area (Å²) in [5, 5.41) is 0. The van der Waals surface area contributed by atoms with Crippen LogP contribution in [-0.4, -0.2) is 45.1 Å². The van der Waals surface area contributed by atoms with Crippen molar-refractivity contribution in [2.24, 2.45) is 0 Å². The zero-order valence-electron chi connectivity index (χ0n) is 17.6. The van der Waals surface area contributed by atoms with Crippen molar-refractivity contribution in [3.8, 4) is 0 Å². The number of hydrogen-bond acceptors (Lipinski definition) is 6. The smallest absolute Gasteiger partial charge is 0.129 e. The van der Waals surface area contributed by atoms with E-state index in [2.05, 4.69) is 68.3 Å². The third-order valence-electron chi connectivity index (χ3n) is 5.26. The predicted molar refractivity (Wildman–Crippen MR) is 134 cm³/mol. The summed E-state index contributed by atoms with van der Waals surface area (Å²) in [5.41, 5.74) is 2.32. The van der Waals surface area contributed by atoms with Gasteiger partial charge in [0.15, 0.2) is 0 Å². The van der Waals surface area contributed by atoms with Crippen molar-refractivity contribution in [3.63, 3.8) is 0 Å². The summed E-state index contributed by atoms with van der Waals surface area (Å²) >= 11 is 0. The van der Waals surface area contributed by atoms with Crippen LogP contribution in [0.3, 0.4) is 0 Å². The highest BCUT2D eigenvalue weighted by molar-refractivity contribution is 7.67. The lowest BCUT2D eigenvalue weighted by molar-refractivity contribution is 0.947. The van der Waals surface area contributed by atoms with Gasteiger partial charge in [-0.05, 0) is 64.4 Å². The maximum absolute atomic E-state index is 4.74. The van der Waals surface area contributed by atoms with Crippen LogP contribution in [0, 0.1) is 0 Å². The number of rotatable bonds is 4. The lowest BCUT2D eigenvalue weighted by atomic mass is 10.4. The molecule has 0 atom stereocenters. The van der Waals surface area contributed by atoms with Crippen LogP contribution in [0.25, 0.3) is 0 Å². The number of anilines is 2. The molecule has 6 nitrogen and oxygen atoms in total. The minimum atomic E-state index is -0.574. The van der Waals surface area contributed by atoms with Gasteiger partial charge in [0.05, 0.1) is 10.9 Å². The Morgan fingerprint density at radius 1 is 0.469 bits per heavy atom. The Morgan fingerprint density at radius 3 is 1.16 bits per heavy atom. The second kappa shape index (κ2) is 10.1. The Labute approximate surface area is 190 Å². The Bertz CT molecular complexity index is 912. The van der Waals surface area contributed by atoms with E-state index in [0.717, 1.165) is 47.6 Å². The van der Waals surface area contributed by atoms with Gasteiger partial charge >= 0.3 is 0 Å². The molecule has 1 aliphatic heterocycles. The van der Waals surface area contributed by atoms with Gasteiger partial charge in [0.2, 0.25) is 0 Å². The fourth-order valence-electron chi connectivity index (χ4n) is 3.75. The third kappa shape index (κ3) is 4.93. The molecule has 0 unspecified atom stereocenters. The van der Waals surface area contributed by atoms with Gasteiger partial charge in [-0.1, -0.05) is 24.3 Å². The average molecular weight is 458 g/mol. The number of aromatic nitrogens is 4. The van der Waals surface area contributed by atoms with Crippen molar-refractivity contribution in [1.82, 2.24) is 19.9 Å². The molecular formula is C24H24N6P2. The van der Waals surface area contributed by atoms with Crippen LogP contribution in [0.15, 0.2) is 97.6 Å². The van der Waals surface area contributed by atoms with Crippen LogP contribution < -0.4 is 20.7 Å². The van der Waals surface area contributed by atoms with Crippen molar-refractivity contribution >= 4 is 38.3 Å². The Morgan fingerprint density at radius 2 is 0.844 bits per heavy atom. The van der Waals surface area contributed by atoms with Gasteiger partial charge in [0, 0.05) is 49.9 Å². The molecule has 4 aromatic heterocycles. The lowest BCUT2D eigenvalue weighted by Crippen LogP contribution is -2.39. The summed E-state index contributed by atoms with van der Waals surface area (Å²) in [6.07, 6.45) is 11.1. The largest absolute Gasteiger partial charge is 0.348 e.